The maximum Gasteiger partial charge on any atom is 0.245 e. The number of benzene rings is 2. The minimum absolute atomic E-state index is 0.103. The highest BCUT2D eigenvalue weighted by Gasteiger charge is 2.39. The fourth-order valence-electron chi connectivity index (χ4n) is 4.41. The van der Waals surface area contributed by atoms with Crippen LogP contribution in [0.2, 0.25) is 0 Å². The van der Waals surface area contributed by atoms with Crippen molar-refractivity contribution in [3.63, 3.8) is 0 Å². The maximum absolute atomic E-state index is 14.1. The van der Waals surface area contributed by atoms with Crippen molar-refractivity contribution in [3.8, 4) is 0 Å². The Balaban J connectivity index is 1.45. The highest BCUT2D eigenvalue weighted by Crippen LogP contribution is 2.37. The van der Waals surface area contributed by atoms with Gasteiger partial charge in [0.25, 0.3) is 0 Å². The van der Waals surface area contributed by atoms with Crippen LogP contribution in [0.15, 0.2) is 59.5 Å². The molecule has 0 spiro atoms. The maximum atomic E-state index is 14.1. The molecule has 7 heteroatoms. The van der Waals surface area contributed by atoms with Gasteiger partial charge >= 0.3 is 0 Å². The summed E-state index contributed by atoms with van der Waals surface area (Å²) in [6.07, 6.45) is 3.21. The van der Waals surface area contributed by atoms with E-state index in [-0.39, 0.29) is 35.9 Å². The van der Waals surface area contributed by atoms with E-state index in [0.717, 1.165) is 24.5 Å². The molecule has 2 aromatic carbocycles. The minimum Gasteiger partial charge on any atom is -0.335 e. The van der Waals surface area contributed by atoms with Gasteiger partial charge in [-0.3, -0.25) is 4.79 Å². The first kappa shape index (κ1) is 22.0. The van der Waals surface area contributed by atoms with Gasteiger partial charge < -0.3 is 4.90 Å². The summed E-state index contributed by atoms with van der Waals surface area (Å²) in [7, 11) is -3.90. The number of carbonyl (C=O) groups excluding carboxylic acids is 1. The molecule has 1 atom stereocenters. The Hall–Kier alpha value is -2.25. The molecule has 5 nitrogen and oxygen atoms in total. The van der Waals surface area contributed by atoms with Crippen molar-refractivity contribution < 1.29 is 17.6 Å². The average molecular weight is 445 g/mol. The van der Waals surface area contributed by atoms with Crippen molar-refractivity contribution in [2.24, 2.45) is 11.8 Å². The molecule has 1 aliphatic carbocycles. The third-order valence-corrected chi connectivity index (χ3v) is 8.46. The van der Waals surface area contributed by atoms with Crippen LogP contribution >= 0.6 is 0 Å². The number of carbonyl (C=O) groups is 1. The van der Waals surface area contributed by atoms with Gasteiger partial charge in [0.05, 0.1) is 0 Å². The van der Waals surface area contributed by atoms with Gasteiger partial charge in [-0.25, -0.2) is 12.8 Å². The molecule has 1 amide bonds. The van der Waals surface area contributed by atoms with Crippen molar-refractivity contribution >= 4 is 15.9 Å². The van der Waals surface area contributed by atoms with Gasteiger partial charge in [0, 0.05) is 31.6 Å². The Labute approximate surface area is 183 Å². The van der Waals surface area contributed by atoms with E-state index in [1.54, 1.807) is 0 Å². The molecule has 1 unspecified atom stereocenters. The first-order valence-corrected chi connectivity index (χ1v) is 12.4. The second-order valence-electron chi connectivity index (χ2n) is 8.64. The summed E-state index contributed by atoms with van der Waals surface area (Å²) < 4.78 is 41.1. The van der Waals surface area contributed by atoms with Gasteiger partial charge in [-0.2, -0.15) is 4.31 Å². The Bertz CT molecular complexity index is 1020. The lowest BCUT2D eigenvalue weighted by Crippen LogP contribution is -2.47. The number of amides is 1. The standard InChI is InChI=1S/C24H29FN2O3S/c1-18(20-11-12-20)27(17-19-7-3-2-4-8-19)24(28)21-13-15-26(16-14-21)31(29,30)23-10-6-5-9-22(23)25/h2-10,18,20-21H,11-17H2,1H3. The summed E-state index contributed by atoms with van der Waals surface area (Å²) in [5.41, 5.74) is 1.10. The fourth-order valence-corrected chi connectivity index (χ4v) is 5.94. The summed E-state index contributed by atoms with van der Waals surface area (Å²) in [5, 5.41) is 0. The number of hydrogen-bond donors (Lipinski definition) is 0. The van der Waals surface area contributed by atoms with Crippen LogP contribution in [0.4, 0.5) is 4.39 Å². The Kier molecular flexibility index (Phi) is 6.44. The average Bonchev–Trinajstić information content (AvgIpc) is 3.63. The summed E-state index contributed by atoms with van der Waals surface area (Å²) in [6.45, 7) is 3.15. The molecular weight excluding hydrogens is 415 g/mol. The minimum atomic E-state index is -3.90. The molecular formula is C24H29FN2O3S. The molecule has 2 fully saturated rings. The quantitative estimate of drug-likeness (QED) is 0.647. The number of hydrogen-bond acceptors (Lipinski definition) is 3. The van der Waals surface area contributed by atoms with Crippen molar-refractivity contribution in [1.82, 2.24) is 9.21 Å². The third kappa shape index (κ3) is 4.83. The molecule has 1 aliphatic heterocycles. The van der Waals surface area contributed by atoms with E-state index in [1.165, 1.54) is 22.5 Å². The van der Waals surface area contributed by atoms with E-state index in [2.05, 4.69) is 6.92 Å². The molecule has 1 heterocycles. The lowest BCUT2D eigenvalue weighted by Gasteiger charge is -2.36. The van der Waals surface area contributed by atoms with Gasteiger partial charge in [0.1, 0.15) is 10.7 Å². The van der Waals surface area contributed by atoms with E-state index >= 15 is 0 Å². The van der Waals surface area contributed by atoms with Gasteiger partial charge in [-0.1, -0.05) is 42.5 Å². The van der Waals surface area contributed by atoms with Crippen molar-refractivity contribution in [3.05, 3.63) is 66.0 Å². The summed E-state index contributed by atoms with van der Waals surface area (Å²) >= 11 is 0. The largest absolute Gasteiger partial charge is 0.335 e. The first-order valence-electron chi connectivity index (χ1n) is 11.0. The van der Waals surface area contributed by atoms with E-state index in [0.29, 0.717) is 25.3 Å². The van der Waals surface area contributed by atoms with Gasteiger partial charge in [0.15, 0.2) is 0 Å². The molecule has 0 radical (unpaired) electrons. The van der Waals surface area contributed by atoms with Crippen molar-refractivity contribution in [2.45, 2.75) is 50.1 Å². The molecule has 31 heavy (non-hydrogen) atoms. The molecule has 1 saturated carbocycles. The molecule has 0 bridgehead atoms. The van der Waals surface area contributed by atoms with Crippen LogP contribution in [0, 0.1) is 17.7 Å². The Morgan fingerprint density at radius 3 is 2.26 bits per heavy atom. The molecule has 0 aromatic heterocycles. The Morgan fingerprint density at radius 2 is 1.65 bits per heavy atom. The zero-order valence-corrected chi connectivity index (χ0v) is 18.6. The Morgan fingerprint density at radius 1 is 1.03 bits per heavy atom. The van der Waals surface area contributed by atoms with Crippen molar-refractivity contribution in [1.29, 1.82) is 0 Å². The fraction of sp³-hybridized carbons (Fsp3) is 0.458. The molecule has 1 saturated heterocycles. The number of sulfonamides is 1. The molecule has 2 aliphatic rings. The van der Waals surface area contributed by atoms with Crippen LogP contribution in [0.25, 0.3) is 0 Å². The van der Waals surface area contributed by atoms with Gasteiger partial charge in [-0.15, -0.1) is 0 Å². The number of piperidine rings is 1. The topological polar surface area (TPSA) is 57.7 Å². The van der Waals surface area contributed by atoms with Gasteiger partial charge in [0.2, 0.25) is 15.9 Å². The van der Waals surface area contributed by atoms with Crippen LogP contribution in [-0.4, -0.2) is 42.7 Å². The second-order valence-corrected chi connectivity index (χ2v) is 10.5. The van der Waals surface area contributed by atoms with Gasteiger partial charge in [-0.05, 0) is 56.2 Å². The van der Waals surface area contributed by atoms with E-state index in [1.807, 2.05) is 35.2 Å². The number of halogens is 1. The molecule has 2 aromatic rings. The SMILES string of the molecule is CC(C1CC1)N(Cc1ccccc1)C(=O)C1CCN(S(=O)(=O)c2ccccc2F)CC1. The second kappa shape index (κ2) is 9.09. The van der Waals surface area contributed by atoms with E-state index < -0.39 is 15.8 Å². The van der Waals surface area contributed by atoms with Crippen LogP contribution in [0.5, 0.6) is 0 Å². The summed E-state index contributed by atoms with van der Waals surface area (Å²) in [4.78, 5) is 15.1. The summed E-state index contributed by atoms with van der Waals surface area (Å²) in [5.74, 6) is -0.301. The van der Waals surface area contributed by atoms with Crippen LogP contribution in [-0.2, 0) is 21.4 Å². The normalized spacial score (nSPS) is 19.2. The number of nitrogens with zero attached hydrogens (tertiary/aromatic N) is 2. The predicted molar refractivity (Wildman–Crippen MR) is 117 cm³/mol. The van der Waals surface area contributed by atoms with Crippen LogP contribution < -0.4 is 0 Å². The van der Waals surface area contributed by atoms with E-state index in [9.17, 15) is 17.6 Å². The smallest absolute Gasteiger partial charge is 0.245 e. The molecule has 166 valence electrons. The summed E-state index contributed by atoms with van der Waals surface area (Å²) in [6, 6.07) is 15.6. The highest BCUT2D eigenvalue weighted by molar-refractivity contribution is 7.89. The van der Waals surface area contributed by atoms with Crippen LogP contribution in [0.3, 0.4) is 0 Å². The zero-order chi connectivity index (χ0) is 22.0. The highest BCUT2D eigenvalue weighted by atomic mass is 32.2. The zero-order valence-electron chi connectivity index (χ0n) is 17.8. The van der Waals surface area contributed by atoms with E-state index in [4.69, 9.17) is 0 Å². The monoisotopic (exact) mass is 444 g/mol. The lowest BCUT2D eigenvalue weighted by molar-refractivity contribution is -0.140. The van der Waals surface area contributed by atoms with Crippen LogP contribution in [0.1, 0.15) is 38.2 Å². The first-order chi connectivity index (χ1) is 14.9. The predicted octanol–water partition coefficient (Wildman–Crippen LogP) is 4.05. The number of rotatable bonds is 7. The van der Waals surface area contributed by atoms with Crippen molar-refractivity contribution in [2.75, 3.05) is 13.1 Å². The third-order valence-electron chi connectivity index (χ3n) is 6.53. The molecule has 4 rings (SSSR count). The lowest BCUT2D eigenvalue weighted by atomic mass is 9.95. The molecule has 0 N–H and O–H groups in total.